The molecule has 2 N–H and O–H groups in total. The van der Waals surface area contributed by atoms with Gasteiger partial charge in [0.05, 0.1) is 4.99 Å². The van der Waals surface area contributed by atoms with E-state index in [-0.39, 0.29) is 0 Å². The van der Waals surface area contributed by atoms with E-state index in [0.717, 1.165) is 11.7 Å². The number of nitrogens with two attached hydrogens (primary N) is 1. The summed E-state index contributed by atoms with van der Waals surface area (Å²) < 4.78 is 0. The number of rotatable bonds is 3. The van der Waals surface area contributed by atoms with E-state index in [9.17, 15) is 0 Å². The van der Waals surface area contributed by atoms with Gasteiger partial charge in [0.2, 0.25) is 0 Å². The molecular formula is C9H18N2S2. The van der Waals surface area contributed by atoms with Gasteiger partial charge in [0, 0.05) is 36.6 Å². The maximum absolute atomic E-state index is 5.53. The number of nitrogens with zero attached hydrogens (tertiary/aromatic N) is 1. The molecule has 0 radical (unpaired) electrons. The molecule has 0 bridgehead atoms. The van der Waals surface area contributed by atoms with E-state index in [1.165, 1.54) is 18.8 Å². The highest BCUT2D eigenvalue weighted by Crippen LogP contribution is 2.20. The second-order valence-corrected chi connectivity index (χ2v) is 5.77. The summed E-state index contributed by atoms with van der Waals surface area (Å²) in [5, 5.41) is 0.752. The first kappa shape index (κ1) is 11.3. The fourth-order valence-corrected chi connectivity index (χ4v) is 2.95. The van der Waals surface area contributed by atoms with Crippen LogP contribution in [-0.4, -0.2) is 40.0 Å². The summed E-state index contributed by atoms with van der Waals surface area (Å²) in [4.78, 5) is 3.12. The quantitative estimate of drug-likeness (QED) is 0.727. The summed E-state index contributed by atoms with van der Waals surface area (Å²) in [6, 6.07) is 0.515. The predicted octanol–water partition coefficient (Wildman–Crippen LogP) is 1.49. The van der Waals surface area contributed by atoms with Crippen molar-refractivity contribution in [3.63, 3.8) is 0 Å². The van der Waals surface area contributed by atoms with Crippen LogP contribution in [0.1, 0.15) is 20.3 Å². The van der Waals surface area contributed by atoms with Gasteiger partial charge in [-0.25, -0.2) is 0 Å². The fourth-order valence-electron chi connectivity index (χ4n) is 1.67. The van der Waals surface area contributed by atoms with Crippen molar-refractivity contribution in [3.05, 3.63) is 0 Å². The maximum atomic E-state index is 5.53. The molecule has 0 aromatic heterocycles. The van der Waals surface area contributed by atoms with Gasteiger partial charge in [0.15, 0.2) is 0 Å². The summed E-state index contributed by atoms with van der Waals surface area (Å²) >= 11 is 6.97. The van der Waals surface area contributed by atoms with Crippen molar-refractivity contribution in [2.45, 2.75) is 31.6 Å². The van der Waals surface area contributed by atoms with Crippen molar-refractivity contribution < 1.29 is 0 Å². The normalized spacial score (nSPS) is 27.1. The number of hydrogen-bond donors (Lipinski definition) is 1. The first-order valence-electron chi connectivity index (χ1n) is 4.73. The Hall–Kier alpha value is 0.200. The van der Waals surface area contributed by atoms with Crippen molar-refractivity contribution in [3.8, 4) is 0 Å². The Morgan fingerprint density at radius 2 is 2.46 bits per heavy atom. The average molecular weight is 218 g/mol. The van der Waals surface area contributed by atoms with Crippen LogP contribution in [0.3, 0.4) is 0 Å². The molecule has 4 heteroatoms. The van der Waals surface area contributed by atoms with Crippen molar-refractivity contribution >= 4 is 29.0 Å². The highest BCUT2D eigenvalue weighted by atomic mass is 32.2. The Balaban J connectivity index is 2.36. The van der Waals surface area contributed by atoms with Gasteiger partial charge in [-0.1, -0.05) is 19.1 Å². The van der Waals surface area contributed by atoms with E-state index in [1.54, 1.807) is 0 Å². The first-order chi connectivity index (χ1) is 6.09. The van der Waals surface area contributed by atoms with Gasteiger partial charge in [0.25, 0.3) is 0 Å². The highest BCUT2D eigenvalue weighted by Gasteiger charge is 2.21. The van der Waals surface area contributed by atoms with Gasteiger partial charge in [-0.15, -0.1) is 0 Å². The number of hydrogen-bond acceptors (Lipinski definition) is 3. The molecule has 1 saturated heterocycles. The molecule has 0 aromatic rings. The van der Waals surface area contributed by atoms with Crippen LogP contribution in [-0.2, 0) is 0 Å². The molecule has 76 valence electrons. The van der Waals surface area contributed by atoms with Gasteiger partial charge < -0.3 is 5.73 Å². The summed E-state index contributed by atoms with van der Waals surface area (Å²) in [6.07, 6.45) is 0.854. The molecule has 0 spiro atoms. The van der Waals surface area contributed by atoms with Crippen LogP contribution >= 0.6 is 24.0 Å². The zero-order valence-electron chi connectivity index (χ0n) is 8.32. The summed E-state index contributed by atoms with van der Waals surface area (Å²) in [5.74, 6) is 1.24. The van der Waals surface area contributed by atoms with Gasteiger partial charge in [-0.05, 0) is 6.92 Å². The van der Waals surface area contributed by atoms with Crippen LogP contribution in [0.25, 0.3) is 0 Å². The van der Waals surface area contributed by atoms with Gasteiger partial charge in [-0.3, -0.25) is 4.90 Å². The van der Waals surface area contributed by atoms with E-state index in [1.807, 2.05) is 0 Å². The van der Waals surface area contributed by atoms with Gasteiger partial charge in [-0.2, -0.15) is 11.8 Å². The van der Waals surface area contributed by atoms with E-state index < -0.39 is 0 Å². The summed E-state index contributed by atoms with van der Waals surface area (Å²) in [7, 11) is 0. The van der Waals surface area contributed by atoms with E-state index in [0.29, 0.717) is 11.0 Å². The second kappa shape index (κ2) is 5.17. The number of thioether (sulfide) groups is 1. The Kier molecular flexibility index (Phi) is 4.49. The lowest BCUT2D eigenvalue weighted by atomic mass is 10.2. The lowest BCUT2D eigenvalue weighted by Crippen LogP contribution is -2.43. The molecular weight excluding hydrogens is 200 g/mol. The van der Waals surface area contributed by atoms with Crippen molar-refractivity contribution in [1.82, 2.24) is 4.90 Å². The molecule has 0 saturated carbocycles. The second-order valence-electron chi connectivity index (χ2n) is 3.70. The predicted molar refractivity (Wildman–Crippen MR) is 64.4 cm³/mol. The molecule has 0 aliphatic carbocycles. The third-order valence-electron chi connectivity index (χ3n) is 2.39. The summed E-state index contributed by atoms with van der Waals surface area (Å²) in [6.45, 7) is 6.85. The largest absolute Gasteiger partial charge is 0.393 e. The Morgan fingerprint density at radius 1 is 1.77 bits per heavy atom. The lowest BCUT2D eigenvalue weighted by molar-refractivity contribution is 0.223. The Bertz CT molecular complexity index is 184. The maximum Gasteiger partial charge on any atom is 0.0742 e. The molecule has 2 atom stereocenters. The van der Waals surface area contributed by atoms with Crippen LogP contribution in [0.5, 0.6) is 0 Å². The minimum atomic E-state index is 0.515. The van der Waals surface area contributed by atoms with Crippen LogP contribution in [0.4, 0.5) is 0 Å². The SMILES string of the molecule is CC1CN(C(C)CC(N)=S)CCS1. The van der Waals surface area contributed by atoms with Crippen LogP contribution in [0.15, 0.2) is 0 Å². The Morgan fingerprint density at radius 3 is 3.00 bits per heavy atom. The van der Waals surface area contributed by atoms with Crippen molar-refractivity contribution in [1.29, 1.82) is 0 Å². The van der Waals surface area contributed by atoms with Crippen LogP contribution in [0.2, 0.25) is 0 Å². The zero-order valence-corrected chi connectivity index (χ0v) is 9.96. The van der Waals surface area contributed by atoms with Crippen molar-refractivity contribution in [2.24, 2.45) is 5.73 Å². The summed E-state index contributed by atoms with van der Waals surface area (Å²) in [5.41, 5.74) is 5.53. The van der Waals surface area contributed by atoms with E-state index in [2.05, 4.69) is 30.5 Å². The molecule has 1 aliphatic heterocycles. The highest BCUT2D eigenvalue weighted by molar-refractivity contribution is 7.99. The van der Waals surface area contributed by atoms with E-state index >= 15 is 0 Å². The first-order valence-corrected chi connectivity index (χ1v) is 6.19. The van der Waals surface area contributed by atoms with Gasteiger partial charge >= 0.3 is 0 Å². The zero-order chi connectivity index (χ0) is 9.84. The standard InChI is InChI=1S/C9H18N2S2/c1-7(5-9(10)12)11-3-4-13-8(2)6-11/h7-8H,3-6H2,1-2H3,(H2,10,12). The lowest BCUT2D eigenvalue weighted by Gasteiger charge is -2.35. The fraction of sp³-hybridized carbons (Fsp3) is 0.889. The molecule has 2 nitrogen and oxygen atoms in total. The molecule has 1 fully saturated rings. The smallest absolute Gasteiger partial charge is 0.0742 e. The Labute approximate surface area is 90.2 Å². The third kappa shape index (κ3) is 3.83. The molecule has 13 heavy (non-hydrogen) atoms. The van der Waals surface area contributed by atoms with Crippen LogP contribution in [0, 0.1) is 0 Å². The average Bonchev–Trinajstić information content (AvgIpc) is 2.03. The molecule has 2 unspecified atom stereocenters. The molecule has 1 heterocycles. The minimum absolute atomic E-state index is 0.515. The molecule has 1 aliphatic rings. The topological polar surface area (TPSA) is 29.3 Å². The monoisotopic (exact) mass is 218 g/mol. The van der Waals surface area contributed by atoms with Crippen molar-refractivity contribution in [2.75, 3.05) is 18.8 Å². The van der Waals surface area contributed by atoms with E-state index in [4.69, 9.17) is 18.0 Å². The molecule has 1 rings (SSSR count). The third-order valence-corrected chi connectivity index (χ3v) is 3.70. The molecule has 0 amide bonds. The minimum Gasteiger partial charge on any atom is -0.393 e. The van der Waals surface area contributed by atoms with Gasteiger partial charge in [0.1, 0.15) is 0 Å². The molecule has 0 aromatic carbocycles. The number of thiocarbonyl (C=S) groups is 1. The van der Waals surface area contributed by atoms with Crippen LogP contribution < -0.4 is 5.73 Å².